The molecule has 0 bridgehead atoms. The fraction of sp³-hybridized carbons (Fsp3) is 0.476. The van der Waals surface area contributed by atoms with Crippen LogP contribution in [0.3, 0.4) is 0 Å². The molecule has 3 aromatic rings. The van der Waals surface area contributed by atoms with Crippen molar-refractivity contribution < 1.29 is 23.4 Å². The van der Waals surface area contributed by atoms with Gasteiger partial charge in [-0.1, -0.05) is 18.6 Å². The summed E-state index contributed by atoms with van der Waals surface area (Å²) in [6.07, 6.45) is -0.262. The number of aromatic nitrogens is 4. The Hall–Kier alpha value is -2.43. The number of hydrogen-bond acceptors (Lipinski definition) is 6. The van der Waals surface area contributed by atoms with Crippen molar-refractivity contribution in [1.82, 2.24) is 19.5 Å². The molecular formula is C21H23ClF3N5O2. The standard InChI is InChI=1S/C21H23ClF3N5O2/c22-20-28-18-17(19(29-20)27-16(8-15(32)10-31)13-2-1-3-13)30(11-26-18)9-12-4-6-14(7-5-12)21(23,24)25/h4-7,11,13,15-16,31-32H,1-3,8-10H2,(H,27,28,29)/t15?,16-/m1/s1. The number of halogens is 4. The Bertz CT molecular complexity index is 1070. The van der Waals surface area contributed by atoms with Gasteiger partial charge >= 0.3 is 6.18 Å². The fourth-order valence-electron chi connectivity index (χ4n) is 3.92. The van der Waals surface area contributed by atoms with Crippen LogP contribution in [0.15, 0.2) is 30.6 Å². The van der Waals surface area contributed by atoms with E-state index in [0.29, 0.717) is 34.9 Å². The predicted molar refractivity (Wildman–Crippen MR) is 113 cm³/mol. The van der Waals surface area contributed by atoms with Crippen LogP contribution < -0.4 is 5.32 Å². The van der Waals surface area contributed by atoms with Gasteiger partial charge in [-0.25, -0.2) is 4.98 Å². The average Bonchev–Trinajstić information content (AvgIpc) is 3.08. The van der Waals surface area contributed by atoms with Crippen molar-refractivity contribution in [3.05, 3.63) is 47.0 Å². The number of anilines is 1. The number of nitrogens with one attached hydrogen (secondary N) is 1. The van der Waals surface area contributed by atoms with Gasteiger partial charge in [0.15, 0.2) is 11.5 Å². The van der Waals surface area contributed by atoms with Crippen molar-refractivity contribution in [2.45, 2.75) is 50.6 Å². The van der Waals surface area contributed by atoms with Gasteiger partial charge in [-0.15, -0.1) is 0 Å². The van der Waals surface area contributed by atoms with E-state index in [1.807, 2.05) is 0 Å². The third-order valence-corrected chi connectivity index (χ3v) is 6.03. The first-order chi connectivity index (χ1) is 15.2. The number of fused-ring (bicyclic) bond motifs is 1. The normalized spacial score (nSPS) is 16.7. The lowest BCUT2D eigenvalue weighted by atomic mass is 9.78. The molecule has 7 nitrogen and oxygen atoms in total. The van der Waals surface area contributed by atoms with Gasteiger partial charge in [-0.3, -0.25) is 0 Å². The van der Waals surface area contributed by atoms with E-state index < -0.39 is 17.8 Å². The molecule has 2 heterocycles. The summed E-state index contributed by atoms with van der Waals surface area (Å²) in [5.74, 6) is 0.762. The summed E-state index contributed by atoms with van der Waals surface area (Å²) >= 11 is 6.09. The van der Waals surface area contributed by atoms with Gasteiger partial charge in [0.1, 0.15) is 5.52 Å². The van der Waals surface area contributed by atoms with Crippen LogP contribution in [0.25, 0.3) is 11.2 Å². The second kappa shape index (κ2) is 9.21. The van der Waals surface area contributed by atoms with Crippen molar-refractivity contribution in [2.24, 2.45) is 5.92 Å². The number of aliphatic hydroxyl groups is 2. The molecule has 1 fully saturated rings. The van der Waals surface area contributed by atoms with E-state index in [-0.39, 0.29) is 24.5 Å². The van der Waals surface area contributed by atoms with E-state index in [1.165, 1.54) is 12.1 Å². The van der Waals surface area contributed by atoms with Gasteiger partial charge in [0.2, 0.25) is 5.28 Å². The summed E-state index contributed by atoms with van der Waals surface area (Å²) in [7, 11) is 0. The highest BCUT2D eigenvalue weighted by Gasteiger charge is 2.31. The molecule has 0 radical (unpaired) electrons. The molecule has 32 heavy (non-hydrogen) atoms. The molecule has 3 N–H and O–H groups in total. The van der Waals surface area contributed by atoms with Gasteiger partial charge in [0.05, 0.1) is 24.6 Å². The Balaban J connectivity index is 1.64. The van der Waals surface area contributed by atoms with E-state index in [4.69, 9.17) is 11.6 Å². The first-order valence-corrected chi connectivity index (χ1v) is 10.7. The van der Waals surface area contributed by atoms with Crippen LogP contribution >= 0.6 is 11.6 Å². The molecule has 2 aromatic heterocycles. The molecule has 0 aliphatic heterocycles. The minimum absolute atomic E-state index is 0.00912. The summed E-state index contributed by atoms with van der Waals surface area (Å²) < 4.78 is 40.3. The van der Waals surface area contributed by atoms with E-state index >= 15 is 0 Å². The van der Waals surface area contributed by atoms with Crippen LogP contribution in [-0.2, 0) is 12.7 Å². The summed E-state index contributed by atoms with van der Waals surface area (Å²) in [5, 5.41) is 22.6. The quantitative estimate of drug-likeness (QED) is 0.433. The second-order valence-electron chi connectivity index (χ2n) is 8.09. The first-order valence-electron chi connectivity index (χ1n) is 10.3. The number of hydrogen-bond donors (Lipinski definition) is 3. The van der Waals surface area contributed by atoms with Crippen LogP contribution in [0.1, 0.15) is 36.8 Å². The predicted octanol–water partition coefficient (Wildman–Crippen LogP) is 3.87. The highest BCUT2D eigenvalue weighted by Crippen LogP contribution is 2.34. The topological polar surface area (TPSA) is 96.1 Å². The molecule has 0 saturated heterocycles. The Morgan fingerprint density at radius 1 is 1.19 bits per heavy atom. The lowest BCUT2D eigenvalue weighted by Crippen LogP contribution is -2.37. The molecular weight excluding hydrogens is 447 g/mol. The Morgan fingerprint density at radius 3 is 2.50 bits per heavy atom. The number of benzene rings is 1. The van der Waals surface area contributed by atoms with Crippen molar-refractivity contribution in [1.29, 1.82) is 0 Å². The zero-order valence-electron chi connectivity index (χ0n) is 17.1. The fourth-order valence-corrected chi connectivity index (χ4v) is 4.09. The van der Waals surface area contributed by atoms with Crippen LogP contribution in [0, 0.1) is 5.92 Å². The number of rotatable bonds is 8. The van der Waals surface area contributed by atoms with E-state index in [2.05, 4.69) is 20.3 Å². The van der Waals surface area contributed by atoms with E-state index in [1.54, 1.807) is 10.9 Å². The molecule has 1 aliphatic rings. The largest absolute Gasteiger partial charge is 0.416 e. The second-order valence-corrected chi connectivity index (χ2v) is 8.43. The SMILES string of the molecule is OCC(O)C[C@@H](Nc1nc(Cl)nc2ncn(Cc3ccc(C(F)(F)F)cc3)c12)C1CCC1. The molecule has 172 valence electrons. The van der Waals surface area contributed by atoms with Crippen LogP contribution in [0.2, 0.25) is 5.28 Å². The van der Waals surface area contributed by atoms with Crippen LogP contribution in [-0.4, -0.2) is 48.5 Å². The smallest absolute Gasteiger partial charge is 0.394 e. The van der Waals surface area contributed by atoms with Gasteiger partial charge in [-0.2, -0.15) is 23.1 Å². The minimum atomic E-state index is -4.39. The van der Waals surface area contributed by atoms with Gasteiger partial charge in [0, 0.05) is 12.6 Å². The molecule has 0 spiro atoms. The van der Waals surface area contributed by atoms with E-state index in [9.17, 15) is 23.4 Å². The lowest BCUT2D eigenvalue weighted by Gasteiger charge is -2.35. The van der Waals surface area contributed by atoms with Gasteiger partial charge in [0.25, 0.3) is 0 Å². The van der Waals surface area contributed by atoms with Crippen molar-refractivity contribution in [3.8, 4) is 0 Å². The summed E-state index contributed by atoms with van der Waals surface area (Å²) in [4.78, 5) is 12.8. The molecule has 1 aromatic carbocycles. The van der Waals surface area contributed by atoms with Crippen LogP contribution in [0.5, 0.6) is 0 Å². The number of nitrogens with zero attached hydrogens (tertiary/aromatic N) is 4. The Morgan fingerprint density at radius 2 is 1.91 bits per heavy atom. The zero-order chi connectivity index (χ0) is 22.9. The molecule has 1 saturated carbocycles. The monoisotopic (exact) mass is 469 g/mol. The lowest BCUT2D eigenvalue weighted by molar-refractivity contribution is -0.137. The maximum Gasteiger partial charge on any atom is 0.416 e. The molecule has 0 amide bonds. The van der Waals surface area contributed by atoms with Crippen molar-refractivity contribution in [3.63, 3.8) is 0 Å². The molecule has 2 atom stereocenters. The summed E-state index contributed by atoms with van der Waals surface area (Å²) in [6, 6.07) is 4.81. The third kappa shape index (κ3) is 4.97. The highest BCUT2D eigenvalue weighted by molar-refractivity contribution is 6.28. The first kappa shape index (κ1) is 22.8. The van der Waals surface area contributed by atoms with Gasteiger partial charge < -0.3 is 20.1 Å². The zero-order valence-corrected chi connectivity index (χ0v) is 17.8. The molecule has 4 rings (SSSR count). The van der Waals surface area contributed by atoms with Crippen LogP contribution in [0.4, 0.5) is 19.0 Å². The number of alkyl halides is 3. The Labute approximate surface area is 187 Å². The molecule has 1 unspecified atom stereocenters. The average molecular weight is 470 g/mol. The molecule has 11 heteroatoms. The molecule has 1 aliphatic carbocycles. The Kier molecular flexibility index (Phi) is 6.55. The maximum atomic E-state index is 12.8. The number of aliphatic hydroxyl groups excluding tert-OH is 2. The van der Waals surface area contributed by atoms with Crippen molar-refractivity contribution in [2.75, 3.05) is 11.9 Å². The minimum Gasteiger partial charge on any atom is -0.394 e. The van der Waals surface area contributed by atoms with Crippen molar-refractivity contribution >= 4 is 28.6 Å². The summed E-state index contributed by atoms with van der Waals surface area (Å²) in [6.45, 7) is -0.0711. The van der Waals surface area contributed by atoms with Gasteiger partial charge in [-0.05, 0) is 54.5 Å². The van der Waals surface area contributed by atoms with E-state index in [0.717, 1.165) is 31.4 Å². The third-order valence-electron chi connectivity index (χ3n) is 5.86. The number of imidazole rings is 1. The maximum absolute atomic E-state index is 12.8. The highest BCUT2D eigenvalue weighted by atomic mass is 35.5. The summed E-state index contributed by atoms with van der Waals surface area (Å²) in [5.41, 5.74) is 0.871.